The largest absolute Gasteiger partial charge is 0.478 e. The molecule has 0 saturated carbocycles. The molecule has 1 heterocycles. The molecule has 2 rings (SSSR count). The van der Waals surface area contributed by atoms with Gasteiger partial charge in [0.25, 0.3) is 0 Å². The fourth-order valence-electron chi connectivity index (χ4n) is 3.31. The van der Waals surface area contributed by atoms with Crippen molar-refractivity contribution in [3.05, 3.63) is 29.3 Å². The number of aryl methyl sites for hydroxylation is 1. The van der Waals surface area contributed by atoms with Gasteiger partial charge in [-0.05, 0) is 61.3 Å². The summed E-state index contributed by atoms with van der Waals surface area (Å²) in [5.74, 6) is -0.0791. The minimum atomic E-state index is -0.845. The minimum absolute atomic E-state index is 0.374. The monoisotopic (exact) mass is 289 g/mol. The van der Waals surface area contributed by atoms with Gasteiger partial charge in [-0.15, -0.1) is 0 Å². The molecular formula is C18H27NO2. The van der Waals surface area contributed by atoms with Crippen LogP contribution in [0.25, 0.3) is 0 Å². The summed E-state index contributed by atoms with van der Waals surface area (Å²) in [6, 6.07) is 5.70. The average molecular weight is 289 g/mol. The van der Waals surface area contributed by atoms with Crippen LogP contribution < -0.4 is 4.90 Å². The Labute approximate surface area is 128 Å². The van der Waals surface area contributed by atoms with Crippen molar-refractivity contribution in [1.82, 2.24) is 0 Å². The predicted octanol–water partition coefficient (Wildman–Crippen LogP) is 4.35. The van der Waals surface area contributed by atoms with Crippen molar-refractivity contribution in [3.8, 4) is 0 Å². The number of carbonyl (C=O) groups is 1. The summed E-state index contributed by atoms with van der Waals surface area (Å²) in [5.41, 5.74) is 2.78. The van der Waals surface area contributed by atoms with Gasteiger partial charge in [0.15, 0.2) is 0 Å². The van der Waals surface area contributed by atoms with Gasteiger partial charge in [0.2, 0.25) is 0 Å². The van der Waals surface area contributed by atoms with Crippen molar-refractivity contribution in [2.75, 3.05) is 18.0 Å². The topological polar surface area (TPSA) is 40.5 Å². The number of hydrogen-bond acceptors (Lipinski definition) is 2. The zero-order chi connectivity index (χ0) is 15.6. The first-order valence-electron chi connectivity index (χ1n) is 7.88. The fourth-order valence-corrected chi connectivity index (χ4v) is 3.31. The van der Waals surface area contributed by atoms with E-state index < -0.39 is 5.97 Å². The van der Waals surface area contributed by atoms with E-state index in [1.807, 2.05) is 19.1 Å². The molecule has 0 spiro atoms. The molecule has 1 N–H and O–H groups in total. The number of benzene rings is 1. The van der Waals surface area contributed by atoms with Gasteiger partial charge in [-0.3, -0.25) is 0 Å². The van der Waals surface area contributed by atoms with Crippen LogP contribution in [0.5, 0.6) is 0 Å². The Morgan fingerprint density at radius 1 is 1.24 bits per heavy atom. The van der Waals surface area contributed by atoms with E-state index in [-0.39, 0.29) is 0 Å². The molecule has 1 fully saturated rings. The third-order valence-electron chi connectivity index (χ3n) is 4.76. The maximum atomic E-state index is 11.1. The second kappa shape index (κ2) is 6.08. The van der Waals surface area contributed by atoms with E-state index in [0.717, 1.165) is 30.3 Å². The number of nitrogens with zero attached hydrogens (tertiary/aromatic N) is 1. The molecule has 0 aromatic heterocycles. The predicted molar refractivity (Wildman–Crippen MR) is 87.1 cm³/mol. The molecule has 1 aliphatic rings. The number of hydrogen-bond donors (Lipinski definition) is 1. The van der Waals surface area contributed by atoms with Crippen LogP contribution in [0.15, 0.2) is 18.2 Å². The molecule has 1 aromatic carbocycles. The van der Waals surface area contributed by atoms with Gasteiger partial charge >= 0.3 is 5.97 Å². The third-order valence-corrected chi connectivity index (χ3v) is 4.76. The quantitative estimate of drug-likeness (QED) is 0.880. The van der Waals surface area contributed by atoms with Gasteiger partial charge in [-0.25, -0.2) is 4.79 Å². The Kier molecular flexibility index (Phi) is 4.60. The van der Waals surface area contributed by atoms with Crippen LogP contribution in [0, 0.1) is 18.3 Å². The maximum Gasteiger partial charge on any atom is 0.335 e. The minimum Gasteiger partial charge on any atom is -0.478 e. The van der Waals surface area contributed by atoms with Crippen LogP contribution >= 0.6 is 0 Å². The molecule has 3 nitrogen and oxygen atoms in total. The van der Waals surface area contributed by atoms with E-state index in [9.17, 15) is 4.79 Å². The lowest BCUT2D eigenvalue weighted by molar-refractivity contribution is 0.0696. The van der Waals surface area contributed by atoms with Gasteiger partial charge in [-0.1, -0.05) is 20.8 Å². The number of aromatic carboxylic acids is 1. The summed E-state index contributed by atoms with van der Waals surface area (Å²) in [6.45, 7) is 11.0. The van der Waals surface area contributed by atoms with Crippen LogP contribution in [0.3, 0.4) is 0 Å². The summed E-state index contributed by atoms with van der Waals surface area (Å²) >= 11 is 0. The number of carboxylic acid groups (broad SMARTS) is 1. The Hall–Kier alpha value is -1.51. The molecule has 1 atom stereocenters. The lowest BCUT2D eigenvalue weighted by Crippen LogP contribution is -2.26. The molecular weight excluding hydrogens is 262 g/mol. The van der Waals surface area contributed by atoms with Gasteiger partial charge < -0.3 is 10.0 Å². The van der Waals surface area contributed by atoms with E-state index >= 15 is 0 Å². The smallest absolute Gasteiger partial charge is 0.335 e. The molecule has 1 unspecified atom stereocenters. The standard InChI is InChI=1S/C18H27NO2/c1-13-12-15(7-8-16(13)17(20)21)19-10-5-6-14(9-11-19)18(2,3)4/h7-8,12,14H,5-6,9-11H2,1-4H3,(H,20,21). The highest BCUT2D eigenvalue weighted by molar-refractivity contribution is 5.89. The zero-order valence-electron chi connectivity index (χ0n) is 13.6. The Morgan fingerprint density at radius 2 is 1.95 bits per heavy atom. The highest BCUT2D eigenvalue weighted by Crippen LogP contribution is 2.35. The molecule has 1 saturated heterocycles. The number of carboxylic acids is 1. The molecule has 1 aliphatic heterocycles. The lowest BCUT2D eigenvalue weighted by Gasteiger charge is -2.30. The second-order valence-corrected chi connectivity index (χ2v) is 7.29. The average Bonchev–Trinajstić information content (AvgIpc) is 2.63. The van der Waals surface area contributed by atoms with Crippen LogP contribution in [0.1, 0.15) is 56.0 Å². The Bertz CT molecular complexity index is 516. The molecule has 21 heavy (non-hydrogen) atoms. The Balaban J connectivity index is 2.13. The van der Waals surface area contributed by atoms with E-state index in [4.69, 9.17) is 5.11 Å². The lowest BCUT2D eigenvalue weighted by atomic mass is 9.77. The van der Waals surface area contributed by atoms with Crippen molar-refractivity contribution in [2.45, 2.75) is 47.0 Å². The fraction of sp³-hybridized carbons (Fsp3) is 0.611. The summed E-state index contributed by atoms with van der Waals surface area (Å²) in [6.07, 6.45) is 3.71. The van der Waals surface area contributed by atoms with Crippen LogP contribution in [0.4, 0.5) is 5.69 Å². The van der Waals surface area contributed by atoms with E-state index in [2.05, 4.69) is 25.7 Å². The Morgan fingerprint density at radius 3 is 2.52 bits per heavy atom. The first-order chi connectivity index (χ1) is 9.79. The van der Waals surface area contributed by atoms with Gasteiger partial charge in [0, 0.05) is 18.8 Å². The van der Waals surface area contributed by atoms with E-state index in [1.165, 1.54) is 19.3 Å². The highest BCUT2D eigenvalue weighted by atomic mass is 16.4. The normalized spacial score (nSPS) is 20.2. The number of rotatable bonds is 2. The molecule has 3 heteroatoms. The molecule has 0 bridgehead atoms. The molecule has 1 aromatic rings. The van der Waals surface area contributed by atoms with Crippen LogP contribution in [-0.2, 0) is 0 Å². The molecule has 116 valence electrons. The second-order valence-electron chi connectivity index (χ2n) is 7.29. The van der Waals surface area contributed by atoms with Crippen molar-refractivity contribution in [1.29, 1.82) is 0 Å². The van der Waals surface area contributed by atoms with Crippen molar-refractivity contribution < 1.29 is 9.90 Å². The molecule has 0 aliphatic carbocycles. The zero-order valence-corrected chi connectivity index (χ0v) is 13.6. The number of anilines is 1. The summed E-state index contributed by atoms with van der Waals surface area (Å²) in [5, 5.41) is 9.12. The molecule has 0 amide bonds. The summed E-state index contributed by atoms with van der Waals surface area (Å²) in [4.78, 5) is 13.5. The van der Waals surface area contributed by atoms with Crippen LogP contribution in [0.2, 0.25) is 0 Å². The van der Waals surface area contributed by atoms with Gasteiger partial charge in [0.05, 0.1) is 5.56 Å². The highest BCUT2D eigenvalue weighted by Gasteiger charge is 2.27. The summed E-state index contributed by atoms with van der Waals surface area (Å²) in [7, 11) is 0. The van der Waals surface area contributed by atoms with Crippen molar-refractivity contribution in [3.63, 3.8) is 0 Å². The van der Waals surface area contributed by atoms with Gasteiger partial charge in [-0.2, -0.15) is 0 Å². The first-order valence-corrected chi connectivity index (χ1v) is 7.88. The van der Waals surface area contributed by atoms with E-state index in [0.29, 0.717) is 11.0 Å². The van der Waals surface area contributed by atoms with Crippen molar-refractivity contribution >= 4 is 11.7 Å². The SMILES string of the molecule is Cc1cc(N2CCCC(C(C)(C)C)CC2)ccc1C(=O)O. The first kappa shape index (κ1) is 15.9. The van der Waals surface area contributed by atoms with Crippen LogP contribution in [-0.4, -0.2) is 24.2 Å². The van der Waals surface area contributed by atoms with Gasteiger partial charge in [0.1, 0.15) is 0 Å². The summed E-state index contributed by atoms with van der Waals surface area (Å²) < 4.78 is 0. The maximum absolute atomic E-state index is 11.1. The van der Waals surface area contributed by atoms with Crippen molar-refractivity contribution in [2.24, 2.45) is 11.3 Å². The van der Waals surface area contributed by atoms with E-state index in [1.54, 1.807) is 6.07 Å². The third kappa shape index (κ3) is 3.78. The molecule has 0 radical (unpaired) electrons.